The molecule has 1 heterocycles. The zero-order valence-electron chi connectivity index (χ0n) is 8.47. The molecule has 1 aromatic carbocycles. The van der Waals surface area contributed by atoms with E-state index in [2.05, 4.69) is 12.2 Å². The molecule has 1 unspecified atom stereocenters. The van der Waals surface area contributed by atoms with E-state index >= 15 is 0 Å². The fraction of sp³-hybridized carbons (Fsp3) is 0.455. The van der Waals surface area contributed by atoms with Crippen molar-refractivity contribution in [2.24, 2.45) is 0 Å². The summed E-state index contributed by atoms with van der Waals surface area (Å²) in [6.07, 6.45) is 0. The minimum absolute atomic E-state index is 0.199. The van der Waals surface area contributed by atoms with Gasteiger partial charge in [0.05, 0.1) is 19.3 Å². The van der Waals surface area contributed by atoms with E-state index in [4.69, 9.17) is 27.9 Å². The molecule has 1 N–H and O–H groups in total. The average molecular weight is 246 g/mol. The Morgan fingerprint density at radius 3 is 2.73 bits per heavy atom. The number of hydrogen-bond acceptors (Lipinski definition) is 2. The third-order valence-corrected chi connectivity index (χ3v) is 3.13. The SMILES string of the molecule is CC(NC1COC1)c1cc(Cl)ccc1Cl. The van der Waals surface area contributed by atoms with Gasteiger partial charge in [-0.3, -0.25) is 0 Å². The van der Waals surface area contributed by atoms with Gasteiger partial charge in [-0.2, -0.15) is 0 Å². The highest BCUT2D eigenvalue weighted by atomic mass is 35.5. The van der Waals surface area contributed by atoms with E-state index in [9.17, 15) is 0 Å². The van der Waals surface area contributed by atoms with Crippen LogP contribution in [-0.2, 0) is 4.74 Å². The summed E-state index contributed by atoms with van der Waals surface area (Å²) >= 11 is 12.0. The van der Waals surface area contributed by atoms with Crippen molar-refractivity contribution >= 4 is 23.2 Å². The van der Waals surface area contributed by atoms with Crippen LogP contribution < -0.4 is 5.32 Å². The largest absolute Gasteiger partial charge is 0.378 e. The number of nitrogens with one attached hydrogen (secondary N) is 1. The van der Waals surface area contributed by atoms with Crippen molar-refractivity contribution in [1.29, 1.82) is 0 Å². The van der Waals surface area contributed by atoms with Gasteiger partial charge in [0, 0.05) is 16.1 Å². The third-order valence-electron chi connectivity index (χ3n) is 2.55. The van der Waals surface area contributed by atoms with Crippen LogP contribution in [0.5, 0.6) is 0 Å². The normalized spacial score (nSPS) is 18.6. The Labute approximate surface area is 99.5 Å². The van der Waals surface area contributed by atoms with Crippen LogP contribution in [0.4, 0.5) is 0 Å². The van der Waals surface area contributed by atoms with Gasteiger partial charge < -0.3 is 10.1 Å². The molecular weight excluding hydrogens is 233 g/mol. The Morgan fingerprint density at radius 1 is 1.40 bits per heavy atom. The number of rotatable bonds is 3. The molecule has 0 aromatic heterocycles. The Hall–Kier alpha value is -0.280. The first kappa shape index (κ1) is 11.2. The summed E-state index contributed by atoms with van der Waals surface area (Å²) in [7, 11) is 0. The molecule has 0 aliphatic carbocycles. The maximum Gasteiger partial charge on any atom is 0.0643 e. The molecule has 2 nitrogen and oxygen atoms in total. The molecule has 0 saturated carbocycles. The van der Waals surface area contributed by atoms with Gasteiger partial charge in [0.2, 0.25) is 0 Å². The molecule has 0 bridgehead atoms. The van der Waals surface area contributed by atoms with Crippen molar-refractivity contribution in [2.45, 2.75) is 19.0 Å². The van der Waals surface area contributed by atoms with E-state index in [1.54, 1.807) is 6.07 Å². The van der Waals surface area contributed by atoms with Crippen molar-refractivity contribution in [3.05, 3.63) is 33.8 Å². The van der Waals surface area contributed by atoms with Crippen LogP contribution in [-0.4, -0.2) is 19.3 Å². The predicted molar refractivity (Wildman–Crippen MR) is 62.6 cm³/mol. The van der Waals surface area contributed by atoms with Crippen LogP contribution in [0.3, 0.4) is 0 Å². The van der Waals surface area contributed by atoms with Crippen molar-refractivity contribution in [2.75, 3.05) is 13.2 Å². The van der Waals surface area contributed by atoms with Gasteiger partial charge in [0.25, 0.3) is 0 Å². The standard InChI is InChI=1S/C11H13Cl2NO/c1-7(14-9-5-15-6-9)10-4-8(12)2-3-11(10)13/h2-4,7,9,14H,5-6H2,1H3. The molecular formula is C11H13Cl2NO. The molecule has 4 heteroatoms. The average Bonchev–Trinajstić information content (AvgIpc) is 2.15. The summed E-state index contributed by atoms with van der Waals surface area (Å²) < 4.78 is 5.10. The van der Waals surface area contributed by atoms with Crippen LogP contribution in [0, 0.1) is 0 Å². The highest BCUT2D eigenvalue weighted by Gasteiger charge is 2.21. The summed E-state index contributed by atoms with van der Waals surface area (Å²) in [6, 6.07) is 6.17. The monoisotopic (exact) mass is 245 g/mol. The number of halogens is 2. The second-order valence-corrected chi connectivity index (χ2v) is 4.63. The lowest BCUT2D eigenvalue weighted by Crippen LogP contribution is -2.46. The zero-order chi connectivity index (χ0) is 10.8. The van der Waals surface area contributed by atoms with E-state index in [-0.39, 0.29) is 6.04 Å². The highest BCUT2D eigenvalue weighted by molar-refractivity contribution is 6.33. The zero-order valence-corrected chi connectivity index (χ0v) is 9.98. The third kappa shape index (κ3) is 2.64. The summed E-state index contributed by atoms with van der Waals surface area (Å²) in [6.45, 7) is 3.64. The molecule has 1 atom stereocenters. The van der Waals surface area contributed by atoms with Crippen LogP contribution >= 0.6 is 23.2 Å². The quantitative estimate of drug-likeness (QED) is 0.885. The molecule has 15 heavy (non-hydrogen) atoms. The van der Waals surface area contributed by atoms with Gasteiger partial charge in [0.15, 0.2) is 0 Å². The molecule has 82 valence electrons. The van der Waals surface area contributed by atoms with Crippen molar-refractivity contribution < 1.29 is 4.74 Å². The molecule has 1 aromatic rings. The van der Waals surface area contributed by atoms with E-state index in [1.807, 2.05) is 12.1 Å². The number of hydrogen-bond donors (Lipinski definition) is 1. The van der Waals surface area contributed by atoms with Crippen molar-refractivity contribution in [1.82, 2.24) is 5.32 Å². The van der Waals surface area contributed by atoms with Crippen LogP contribution in [0.25, 0.3) is 0 Å². The van der Waals surface area contributed by atoms with Gasteiger partial charge in [-0.1, -0.05) is 23.2 Å². The lowest BCUT2D eigenvalue weighted by Gasteiger charge is -2.30. The first-order chi connectivity index (χ1) is 7.16. The predicted octanol–water partition coefficient (Wildman–Crippen LogP) is 3.04. The Balaban J connectivity index is 2.09. The first-order valence-electron chi connectivity index (χ1n) is 4.95. The summed E-state index contributed by atoms with van der Waals surface area (Å²) in [4.78, 5) is 0. The van der Waals surface area contributed by atoms with Gasteiger partial charge in [-0.05, 0) is 30.7 Å². The van der Waals surface area contributed by atoms with Crippen LogP contribution in [0.15, 0.2) is 18.2 Å². The summed E-state index contributed by atoms with van der Waals surface area (Å²) in [5.74, 6) is 0. The Kier molecular flexibility index (Phi) is 3.52. The van der Waals surface area contributed by atoms with Gasteiger partial charge >= 0.3 is 0 Å². The van der Waals surface area contributed by atoms with E-state index in [0.29, 0.717) is 11.1 Å². The summed E-state index contributed by atoms with van der Waals surface area (Å²) in [5, 5.41) is 4.90. The molecule has 1 aliphatic rings. The van der Waals surface area contributed by atoms with Gasteiger partial charge in [-0.15, -0.1) is 0 Å². The van der Waals surface area contributed by atoms with E-state index in [0.717, 1.165) is 23.8 Å². The molecule has 0 radical (unpaired) electrons. The fourth-order valence-corrected chi connectivity index (χ4v) is 2.08. The van der Waals surface area contributed by atoms with Crippen LogP contribution in [0.2, 0.25) is 10.0 Å². The van der Waals surface area contributed by atoms with Crippen LogP contribution in [0.1, 0.15) is 18.5 Å². The molecule has 1 saturated heterocycles. The molecule has 1 aliphatic heterocycles. The van der Waals surface area contributed by atoms with Crippen molar-refractivity contribution in [3.63, 3.8) is 0 Å². The second kappa shape index (κ2) is 4.71. The molecule has 0 spiro atoms. The lowest BCUT2D eigenvalue weighted by atomic mass is 10.1. The highest BCUT2D eigenvalue weighted by Crippen LogP contribution is 2.26. The lowest BCUT2D eigenvalue weighted by molar-refractivity contribution is -0.00924. The fourth-order valence-electron chi connectivity index (χ4n) is 1.62. The molecule has 0 amide bonds. The number of ether oxygens (including phenoxy) is 1. The van der Waals surface area contributed by atoms with E-state index < -0.39 is 0 Å². The van der Waals surface area contributed by atoms with Gasteiger partial charge in [0.1, 0.15) is 0 Å². The molecule has 2 rings (SSSR count). The van der Waals surface area contributed by atoms with Gasteiger partial charge in [-0.25, -0.2) is 0 Å². The second-order valence-electron chi connectivity index (χ2n) is 3.79. The summed E-state index contributed by atoms with van der Waals surface area (Å²) in [5.41, 5.74) is 1.04. The Bertz CT molecular complexity index is 352. The Morgan fingerprint density at radius 2 is 2.13 bits per heavy atom. The maximum atomic E-state index is 6.11. The number of benzene rings is 1. The minimum Gasteiger partial charge on any atom is -0.378 e. The topological polar surface area (TPSA) is 21.3 Å². The van der Waals surface area contributed by atoms with E-state index in [1.165, 1.54) is 0 Å². The molecule has 1 fully saturated rings. The van der Waals surface area contributed by atoms with Crippen molar-refractivity contribution in [3.8, 4) is 0 Å². The first-order valence-corrected chi connectivity index (χ1v) is 5.71. The maximum absolute atomic E-state index is 6.11. The minimum atomic E-state index is 0.199. The smallest absolute Gasteiger partial charge is 0.0643 e.